The lowest BCUT2D eigenvalue weighted by molar-refractivity contribution is -0.117. The molecule has 20 heavy (non-hydrogen) atoms. The number of methoxy groups -OCH3 is 1. The van der Waals surface area contributed by atoms with Gasteiger partial charge in [-0.15, -0.1) is 11.3 Å². The highest BCUT2D eigenvalue weighted by molar-refractivity contribution is 7.16. The normalized spacial score (nSPS) is 12.7. The van der Waals surface area contributed by atoms with E-state index in [1.54, 1.807) is 24.5 Å². The molecule has 2 heterocycles. The van der Waals surface area contributed by atoms with Gasteiger partial charge < -0.3 is 10.1 Å². The molecule has 106 valence electrons. The fraction of sp³-hybridized carbons (Fsp3) is 0.214. The zero-order valence-electron chi connectivity index (χ0n) is 10.8. The third kappa shape index (κ3) is 4.45. The highest BCUT2D eigenvalue weighted by Crippen LogP contribution is 2.28. The van der Waals surface area contributed by atoms with E-state index >= 15 is 0 Å². The summed E-state index contributed by atoms with van der Waals surface area (Å²) in [6, 6.07) is 5.69. The zero-order chi connectivity index (χ0) is 14.4. The molecule has 0 aliphatic carbocycles. The summed E-state index contributed by atoms with van der Waals surface area (Å²) in [4.78, 5) is 12.7. The van der Waals surface area contributed by atoms with Gasteiger partial charge in [-0.25, -0.2) is 0 Å². The Bertz CT molecular complexity index is 578. The van der Waals surface area contributed by atoms with Crippen LogP contribution in [-0.2, 0) is 9.53 Å². The minimum absolute atomic E-state index is 0.138. The number of rotatable bonds is 6. The third-order valence-corrected chi connectivity index (χ3v) is 4.65. The van der Waals surface area contributed by atoms with Crippen LogP contribution in [0.15, 0.2) is 35.0 Å². The second kappa shape index (κ2) is 7.59. The average molecular weight is 328 g/mol. The monoisotopic (exact) mass is 327 g/mol. The van der Waals surface area contributed by atoms with Gasteiger partial charge in [0.15, 0.2) is 0 Å². The maximum Gasteiger partial charge on any atom is 0.244 e. The predicted octanol–water partition coefficient (Wildman–Crippen LogP) is 3.98. The molecule has 0 radical (unpaired) electrons. The summed E-state index contributed by atoms with van der Waals surface area (Å²) >= 11 is 8.95. The average Bonchev–Trinajstić information content (AvgIpc) is 3.09. The van der Waals surface area contributed by atoms with Gasteiger partial charge in [-0.3, -0.25) is 4.79 Å². The number of carbonyl (C=O) groups excluding carboxylic acids is 1. The largest absolute Gasteiger partial charge is 0.374 e. The SMILES string of the molecule is COC(CNC(=O)/C=C/c1ccsc1)c1ccc(Cl)s1. The van der Waals surface area contributed by atoms with Crippen molar-refractivity contribution in [3.8, 4) is 0 Å². The van der Waals surface area contributed by atoms with Crippen LogP contribution in [0.25, 0.3) is 6.08 Å². The van der Waals surface area contributed by atoms with Gasteiger partial charge in [-0.2, -0.15) is 11.3 Å². The van der Waals surface area contributed by atoms with Crippen molar-refractivity contribution < 1.29 is 9.53 Å². The summed E-state index contributed by atoms with van der Waals surface area (Å²) in [5, 5.41) is 6.77. The molecule has 1 unspecified atom stereocenters. The second-order valence-electron chi connectivity index (χ2n) is 4.00. The van der Waals surface area contributed by atoms with E-state index in [4.69, 9.17) is 16.3 Å². The Morgan fingerprint density at radius 2 is 2.35 bits per heavy atom. The van der Waals surface area contributed by atoms with Crippen LogP contribution in [0.5, 0.6) is 0 Å². The summed E-state index contributed by atoms with van der Waals surface area (Å²) in [5.41, 5.74) is 1.03. The lowest BCUT2D eigenvalue weighted by Crippen LogP contribution is -2.27. The number of thiophene rings is 2. The molecular weight excluding hydrogens is 314 g/mol. The Morgan fingerprint density at radius 3 is 2.95 bits per heavy atom. The molecule has 0 spiro atoms. The van der Waals surface area contributed by atoms with Gasteiger partial charge >= 0.3 is 0 Å². The molecule has 0 aliphatic heterocycles. The van der Waals surface area contributed by atoms with Crippen molar-refractivity contribution in [1.82, 2.24) is 5.32 Å². The van der Waals surface area contributed by atoms with Crippen LogP contribution < -0.4 is 5.32 Å². The van der Waals surface area contributed by atoms with Crippen LogP contribution in [0.1, 0.15) is 16.5 Å². The van der Waals surface area contributed by atoms with Crippen molar-refractivity contribution >= 4 is 46.3 Å². The number of hydrogen-bond acceptors (Lipinski definition) is 4. The molecule has 1 amide bonds. The van der Waals surface area contributed by atoms with Gasteiger partial charge in [0.1, 0.15) is 6.10 Å². The molecule has 0 saturated heterocycles. The van der Waals surface area contributed by atoms with E-state index < -0.39 is 0 Å². The molecule has 2 aromatic rings. The van der Waals surface area contributed by atoms with Gasteiger partial charge in [0.2, 0.25) is 5.91 Å². The highest BCUT2D eigenvalue weighted by Gasteiger charge is 2.13. The predicted molar refractivity (Wildman–Crippen MR) is 85.4 cm³/mol. The Hall–Kier alpha value is -1.14. The summed E-state index contributed by atoms with van der Waals surface area (Å²) in [5.74, 6) is -0.138. The van der Waals surface area contributed by atoms with Crippen molar-refractivity contribution in [2.75, 3.05) is 13.7 Å². The number of nitrogens with one attached hydrogen (secondary N) is 1. The fourth-order valence-corrected chi connectivity index (χ4v) is 3.36. The number of amides is 1. The van der Waals surface area contributed by atoms with Gasteiger partial charge in [0, 0.05) is 24.6 Å². The quantitative estimate of drug-likeness (QED) is 0.815. The standard InChI is InChI=1S/C14H14ClNO2S2/c1-18-11(12-3-4-13(15)20-12)8-16-14(17)5-2-10-6-7-19-9-10/h2-7,9,11H,8H2,1H3,(H,16,17)/b5-2+. The molecule has 0 saturated carbocycles. The number of halogens is 1. The van der Waals surface area contributed by atoms with E-state index in [2.05, 4.69) is 5.32 Å². The van der Waals surface area contributed by atoms with Gasteiger partial charge in [0.05, 0.1) is 4.34 Å². The fourth-order valence-electron chi connectivity index (χ4n) is 1.60. The van der Waals surface area contributed by atoms with Gasteiger partial charge in [-0.05, 0) is 40.6 Å². The molecule has 2 rings (SSSR count). The first-order valence-corrected chi connectivity index (χ1v) is 8.09. The second-order valence-corrected chi connectivity index (χ2v) is 6.53. The molecule has 0 bridgehead atoms. The highest BCUT2D eigenvalue weighted by atomic mass is 35.5. The van der Waals surface area contributed by atoms with Crippen LogP contribution in [0, 0.1) is 0 Å². The first-order chi connectivity index (χ1) is 9.69. The summed E-state index contributed by atoms with van der Waals surface area (Å²) in [6.45, 7) is 0.417. The number of ether oxygens (including phenoxy) is 1. The van der Waals surface area contributed by atoms with E-state index in [0.29, 0.717) is 10.9 Å². The topological polar surface area (TPSA) is 38.3 Å². The van der Waals surface area contributed by atoms with Gasteiger partial charge in [-0.1, -0.05) is 11.6 Å². The Balaban J connectivity index is 1.85. The third-order valence-electron chi connectivity index (χ3n) is 2.63. The molecule has 1 atom stereocenters. The molecule has 0 fully saturated rings. The summed E-state index contributed by atoms with van der Waals surface area (Å²) in [6.07, 6.45) is 3.14. The van der Waals surface area contributed by atoms with Crippen LogP contribution in [0.2, 0.25) is 4.34 Å². The molecule has 6 heteroatoms. The van der Waals surface area contributed by atoms with Crippen LogP contribution in [0.4, 0.5) is 0 Å². The van der Waals surface area contributed by atoms with Crippen LogP contribution in [0.3, 0.4) is 0 Å². The van der Waals surface area contributed by atoms with Crippen molar-refractivity contribution in [3.05, 3.63) is 49.8 Å². The molecular formula is C14H14ClNO2S2. The number of hydrogen-bond donors (Lipinski definition) is 1. The Morgan fingerprint density at radius 1 is 1.50 bits per heavy atom. The van der Waals surface area contributed by atoms with E-state index in [-0.39, 0.29) is 12.0 Å². The molecule has 2 aromatic heterocycles. The van der Waals surface area contributed by atoms with Crippen molar-refractivity contribution in [2.24, 2.45) is 0 Å². The van der Waals surface area contributed by atoms with Gasteiger partial charge in [0.25, 0.3) is 0 Å². The lowest BCUT2D eigenvalue weighted by atomic mass is 10.2. The molecule has 0 aromatic carbocycles. The van der Waals surface area contributed by atoms with Crippen molar-refractivity contribution in [1.29, 1.82) is 0 Å². The maximum absolute atomic E-state index is 11.7. The molecule has 1 N–H and O–H groups in total. The number of carbonyl (C=O) groups is 1. The van der Waals surface area contributed by atoms with Crippen LogP contribution >= 0.6 is 34.3 Å². The van der Waals surface area contributed by atoms with E-state index in [0.717, 1.165) is 10.4 Å². The lowest BCUT2D eigenvalue weighted by Gasteiger charge is -2.13. The van der Waals surface area contributed by atoms with Crippen LogP contribution in [-0.4, -0.2) is 19.6 Å². The minimum Gasteiger partial charge on any atom is -0.374 e. The Kier molecular flexibility index (Phi) is 5.79. The summed E-state index contributed by atoms with van der Waals surface area (Å²) in [7, 11) is 1.62. The zero-order valence-corrected chi connectivity index (χ0v) is 13.2. The molecule has 0 aliphatic rings. The first-order valence-electron chi connectivity index (χ1n) is 5.95. The Labute approximate surface area is 130 Å². The first kappa shape index (κ1) is 15.3. The smallest absolute Gasteiger partial charge is 0.244 e. The maximum atomic E-state index is 11.7. The van der Waals surface area contributed by atoms with E-state index in [1.165, 1.54) is 17.4 Å². The summed E-state index contributed by atoms with van der Waals surface area (Å²) < 4.78 is 6.08. The minimum atomic E-state index is -0.175. The van der Waals surface area contributed by atoms with Crippen molar-refractivity contribution in [2.45, 2.75) is 6.10 Å². The van der Waals surface area contributed by atoms with E-state index in [9.17, 15) is 4.79 Å². The molecule has 3 nitrogen and oxygen atoms in total. The van der Waals surface area contributed by atoms with Crippen molar-refractivity contribution in [3.63, 3.8) is 0 Å². The van der Waals surface area contributed by atoms with E-state index in [1.807, 2.05) is 29.0 Å².